The number of hydrogen-bond acceptors (Lipinski definition) is 2. The second-order valence-corrected chi connectivity index (χ2v) is 16.1. The Morgan fingerprint density at radius 2 is 1.62 bits per heavy atom. The molecule has 0 heterocycles. The molecule has 0 aliphatic rings. The number of thioether (sulfide) groups is 1. The lowest BCUT2D eigenvalue weighted by atomic mass is 10.9. The molecule has 0 aromatic carbocycles. The first-order valence-electron chi connectivity index (χ1n) is 5.01. The summed E-state index contributed by atoms with van der Waals surface area (Å²) in [6, 6.07) is 0. The highest BCUT2D eigenvalue weighted by Crippen LogP contribution is 2.25. The summed E-state index contributed by atoms with van der Waals surface area (Å²) < 4.78 is 6.30. The molecule has 0 aliphatic carbocycles. The molecule has 0 saturated heterocycles. The predicted octanol–water partition coefficient (Wildman–Crippen LogP) is 3.72. The Hall–Kier alpha value is 0.744. The summed E-state index contributed by atoms with van der Waals surface area (Å²) in [7, 11) is -2.77. The van der Waals surface area contributed by atoms with Gasteiger partial charge in [0.1, 0.15) is 0 Å². The van der Waals surface area contributed by atoms with Crippen LogP contribution in [0.25, 0.3) is 0 Å². The molecule has 0 aliphatic heterocycles. The quantitative estimate of drug-likeness (QED) is 0.673. The van der Waals surface area contributed by atoms with Gasteiger partial charge in [-0.25, -0.2) is 0 Å². The average molecular weight is 237 g/mol. The van der Waals surface area contributed by atoms with E-state index in [9.17, 15) is 0 Å². The molecule has 1 nitrogen and oxygen atoms in total. The summed E-state index contributed by atoms with van der Waals surface area (Å²) >= 11 is 2.04. The minimum absolute atomic E-state index is 0.712. The first-order chi connectivity index (χ1) is 5.69. The summed E-state index contributed by atoms with van der Waals surface area (Å²) in [6.45, 7) is 16.1. The van der Waals surface area contributed by atoms with E-state index in [-0.39, 0.29) is 0 Å². The third kappa shape index (κ3) is 5.93. The normalized spacial score (nSPS) is 15.9. The maximum Gasteiger partial charge on any atom is 0.186 e. The first-order valence-corrected chi connectivity index (χ1v) is 12.4. The molecule has 0 bridgehead atoms. The monoisotopic (exact) mass is 236 g/mol. The Balaban J connectivity index is 4.21. The molecule has 0 amide bonds. The van der Waals surface area contributed by atoms with Crippen LogP contribution in [0.2, 0.25) is 32.7 Å². The van der Waals surface area contributed by atoms with E-state index in [1.165, 1.54) is 5.75 Å². The van der Waals surface area contributed by atoms with Crippen molar-refractivity contribution in [1.29, 1.82) is 0 Å². The zero-order valence-electron chi connectivity index (χ0n) is 10.1. The molecule has 13 heavy (non-hydrogen) atoms. The van der Waals surface area contributed by atoms with Crippen LogP contribution in [0, 0.1) is 0 Å². The van der Waals surface area contributed by atoms with E-state index >= 15 is 0 Å². The standard InChI is InChI=1S/C9H24OSSi2/c1-8-11-9(2)13(6,7)10-12(3,4)5/h9H,8H2,1-7H3. The summed E-state index contributed by atoms with van der Waals surface area (Å²) in [5.74, 6) is 1.20. The van der Waals surface area contributed by atoms with E-state index in [4.69, 9.17) is 4.12 Å². The van der Waals surface area contributed by atoms with Crippen molar-refractivity contribution in [3.8, 4) is 0 Å². The van der Waals surface area contributed by atoms with Crippen LogP contribution in [0.4, 0.5) is 0 Å². The predicted molar refractivity (Wildman–Crippen MR) is 69.5 cm³/mol. The summed E-state index contributed by atoms with van der Waals surface area (Å²) in [5.41, 5.74) is 0. The van der Waals surface area contributed by atoms with E-state index in [0.29, 0.717) is 4.87 Å². The zero-order valence-corrected chi connectivity index (χ0v) is 12.9. The molecule has 4 heteroatoms. The van der Waals surface area contributed by atoms with Crippen LogP contribution >= 0.6 is 11.8 Å². The number of hydrogen-bond donors (Lipinski definition) is 0. The van der Waals surface area contributed by atoms with Crippen molar-refractivity contribution in [3.63, 3.8) is 0 Å². The topological polar surface area (TPSA) is 9.23 Å². The number of rotatable bonds is 5. The van der Waals surface area contributed by atoms with Crippen LogP contribution in [0.3, 0.4) is 0 Å². The van der Waals surface area contributed by atoms with Gasteiger partial charge in [-0.15, -0.1) is 0 Å². The molecule has 0 radical (unpaired) electrons. The van der Waals surface area contributed by atoms with Crippen LogP contribution in [0.15, 0.2) is 0 Å². The molecule has 0 rings (SSSR count). The van der Waals surface area contributed by atoms with Crippen LogP contribution in [0.1, 0.15) is 13.8 Å². The molecule has 0 spiro atoms. The maximum absolute atomic E-state index is 6.30. The third-order valence-corrected chi connectivity index (χ3v) is 11.5. The summed E-state index contributed by atoms with van der Waals surface area (Å²) in [4.78, 5) is 0.712. The van der Waals surface area contributed by atoms with E-state index < -0.39 is 16.6 Å². The molecule has 1 unspecified atom stereocenters. The van der Waals surface area contributed by atoms with Gasteiger partial charge >= 0.3 is 0 Å². The van der Waals surface area contributed by atoms with Gasteiger partial charge in [0.05, 0.1) is 0 Å². The molecule has 0 aromatic rings. The van der Waals surface area contributed by atoms with Crippen LogP contribution in [-0.4, -0.2) is 27.3 Å². The van der Waals surface area contributed by atoms with Gasteiger partial charge in [0.25, 0.3) is 0 Å². The van der Waals surface area contributed by atoms with Crippen molar-refractivity contribution in [2.75, 3.05) is 5.75 Å². The maximum atomic E-state index is 6.30. The minimum atomic E-state index is -1.44. The Morgan fingerprint density at radius 1 is 1.15 bits per heavy atom. The first kappa shape index (κ1) is 13.7. The molecule has 0 N–H and O–H groups in total. The van der Waals surface area contributed by atoms with Crippen molar-refractivity contribution in [3.05, 3.63) is 0 Å². The Labute approximate surface area is 89.9 Å². The van der Waals surface area contributed by atoms with E-state index in [1.807, 2.05) is 11.8 Å². The molecule has 1 atom stereocenters. The van der Waals surface area contributed by atoms with Crippen molar-refractivity contribution >= 4 is 28.4 Å². The molecule has 0 aromatic heterocycles. The highest BCUT2D eigenvalue weighted by molar-refractivity contribution is 8.01. The van der Waals surface area contributed by atoms with E-state index in [0.717, 1.165) is 0 Å². The smallest absolute Gasteiger partial charge is 0.186 e. The molecular formula is C9H24OSSi2. The molecule has 0 saturated carbocycles. The van der Waals surface area contributed by atoms with Gasteiger partial charge in [-0.05, 0) is 38.5 Å². The van der Waals surface area contributed by atoms with Gasteiger partial charge in [-0.2, -0.15) is 11.8 Å². The third-order valence-electron chi connectivity index (χ3n) is 1.96. The lowest BCUT2D eigenvalue weighted by molar-refractivity contribution is 0.547. The van der Waals surface area contributed by atoms with Gasteiger partial charge in [-0.1, -0.05) is 13.8 Å². The van der Waals surface area contributed by atoms with Gasteiger partial charge in [-0.3, -0.25) is 0 Å². The van der Waals surface area contributed by atoms with Crippen LogP contribution in [0.5, 0.6) is 0 Å². The van der Waals surface area contributed by atoms with Gasteiger partial charge in [0.15, 0.2) is 16.6 Å². The van der Waals surface area contributed by atoms with Gasteiger partial charge in [0, 0.05) is 4.87 Å². The fourth-order valence-corrected chi connectivity index (χ4v) is 11.3. The highest BCUT2D eigenvalue weighted by atomic mass is 32.2. The van der Waals surface area contributed by atoms with Crippen molar-refractivity contribution in [2.45, 2.75) is 51.5 Å². The zero-order chi connectivity index (χ0) is 10.7. The van der Waals surface area contributed by atoms with E-state index in [1.54, 1.807) is 0 Å². The Morgan fingerprint density at radius 3 is 1.92 bits per heavy atom. The lowest BCUT2D eigenvalue weighted by Gasteiger charge is -2.35. The van der Waals surface area contributed by atoms with Crippen molar-refractivity contribution in [1.82, 2.24) is 0 Å². The lowest BCUT2D eigenvalue weighted by Crippen LogP contribution is -2.49. The second kappa shape index (κ2) is 5.00. The fourth-order valence-electron chi connectivity index (χ4n) is 1.32. The van der Waals surface area contributed by atoms with Crippen molar-refractivity contribution < 1.29 is 4.12 Å². The Kier molecular flexibility index (Phi) is 5.29. The SMILES string of the molecule is CCSC(C)[Si](C)(C)O[Si](C)(C)C. The molecule has 0 fully saturated rings. The fraction of sp³-hybridized carbons (Fsp3) is 1.00. The molecule has 80 valence electrons. The summed E-state index contributed by atoms with van der Waals surface area (Å²) in [5, 5.41) is 0. The van der Waals surface area contributed by atoms with Crippen molar-refractivity contribution in [2.24, 2.45) is 0 Å². The second-order valence-electron chi connectivity index (χ2n) is 4.92. The van der Waals surface area contributed by atoms with Gasteiger partial charge in [0.2, 0.25) is 0 Å². The summed E-state index contributed by atoms with van der Waals surface area (Å²) in [6.07, 6.45) is 0. The largest absolute Gasteiger partial charge is 0.455 e. The average Bonchev–Trinajstić information content (AvgIpc) is 1.82. The van der Waals surface area contributed by atoms with Gasteiger partial charge < -0.3 is 4.12 Å². The van der Waals surface area contributed by atoms with Crippen LogP contribution in [-0.2, 0) is 4.12 Å². The minimum Gasteiger partial charge on any atom is -0.455 e. The van der Waals surface area contributed by atoms with E-state index in [2.05, 4.69) is 46.6 Å². The Bertz CT molecular complexity index is 154. The van der Waals surface area contributed by atoms with Crippen LogP contribution < -0.4 is 0 Å². The molecular weight excluding hydrogens is 212 g/mol. The highest BCUT2D eigenvalue weighted by Gasteiger charge is 2.34.